The molecule has 1 aromatic heterocycles. The van der Waals surface area contributed by atoms with Gasteiger partial charge in [-0.25, -0.2) is 0 Å². The molecule has 1 amide bonds. The molecule has 0 radical (unpaired) electrons. The van der Waals surface area contributed by atoms with Crippen molar-refractivity contribution in [3.8, 4) is 0 Å². The maximum absolute atomic E-state index is 11.9. The lowest BCUT2D eigenvalue weighted by Crippen LogP contribution is -2.45. The molecule has 1 aromatic rings. The molecule has 104 valence electrons. The first-order valence-electron chi connectivity index (χ1n) is 5.82. The second kappa shape index (κ2) is 6.55. The van der Waals surface area contributed by atoms with Crippen LogP contribution in [0.5, 0.6) is 0 Å². The van der Waals surface area contributed by atoms with Crippen molar-refractivity contribution < 1.29 is 4.79 Å². The summed E-state index contributed by atoms with van der Waals surface area (Å²) >= 11 is 1.72. The fourth-order valence-corrected chi connectivity index (χ4v) is 2.24. The molecule has 0 aromatic carbocycles. The average Bonchev–Trinajstić information content (AvgIpc) is 2.80. The van der Waals surface area contributed by atoms with Crippen molar-refractivity contribution in [2.75, 3.05) is 13.1 Å². The minimum atomic E-state index is -0.495. The van der Waals surface area contributed by atoms with Gasteiger partial charge in [-0.15, -0.1) is 23.7 Å². The molecule has 1 heterocycles. The van der Waals surface area contributed by atoms with E-state index in [0.717, 1.165) is 0 Å². The number of hydrogen-bond acceptors (Lipinski definition) is 3. The number of halogens is 1. The molecule has 0 aliphatic carbocycles. The van der Waals surface area contributed by atoms with Crippen LogP contribution in [0.3, 0.4) is 0 Å². The molecule has 0 atom stereocenters. The molecule has 5 heteroatoms. The van der Waals surface area contributed by atoms with Gasteiger partial charge >= 0.3 is 0 Å². The predicted molar refractivity (Wildman–Crippen MR) is 80.4 cm³/mol. The van der Waals surface area contributed by atoms with Gasteiger partial charge in [-0.3, -0.25) is 4.79 Å². The van der Waals surface area contributed by atoms with E-state index in [2.05, 4.69) is 30.6 Å². The Bertz CT molecular complexity index is 374. The van der Waals surface area contributed by atoms with Gasteiger partial charge in [0, 0.05) is 23.4 Å². The highest BCUT2D eigenvalue weighted by molar-refractivity contribution is 7.10. The minimum Gasteiger partial charge on any atom is -0.355 e. The Morgan fingerprint density at radius 3 is 2.44 bits per heavy atom. The fraction of sp³-hybridized carbons (Fsp3) is 0.615. The quantitative estimate of drug-likeness (QED) is 0.876. The lowest BCUT2D eigenvalue weighted by molar-refractivity contribution is -0.129. The lowest BCUT2D eigenvalue weighted by Gasteiger charge is -2.27. The largest absolute Gasteiger partial charge is 0.355 e. The van der Waals surface area contributed by atoms with Crippen LogP contribution < -0.4 is 11.1 Å². The number of carbonyl (C=O) groups excluding carboxylic acids is 1. The number of carbonyl (C=O) groups is 1. The zero-order chi connectivity index (χ0) is 13.1. The van der Waals surface area contributed by atoms with Crippen molar-refractivity contribution in [2.45, 2.75) is 33.1 Å². The molecule has 0 spiro atoms. The Balaban J connectivity index is 0.00000289. The van der Waals surface area contributed by atoms with Crippen LogP contribution in [0.25, 0.3) is 0 Å². The number of rotatable bonds is 5. The molecule has 0 saturated heterocycles. The van der Waals surface area contributed by atoms with E-state index in [0.29, 0.717) is 13.1 Å². The summed E-state index contributed by atoms with van der Waals surface area (Å²) in [6.07, 6.45) is 0. The fourth-order valence-electron chi connectivity index (χ4n) is 1.38. The number of hydrogen-bond donors (Lipinski definition) is 2. The molecule has 1 rings (SSSR count). The Kier molecular flexibility index (Phi) is 6.34. The number of nitrogens with two attached hydrogens (primary N) is 1. The van der Waals surface area contributed by atoms with E-state index in [1.54, 1.807) is 11.3 Å². The zero-order valence-corrected chi connectivity index (χ0v) is 13.1. The van der Waals surface area contributed by atoms with Crippen molar-refractivity contribution in [3.63, 3.8) is 0 Å². The lowest BCUT2D eigenvalue weighted by atomic mass is 9.89. The minimum absolute atomic E-state index is 0. The van der Waals surface area contributed by atoms with Gasteiger partial charge in [-0.1, -0.05) is 19.9 Å². The highest BCUT2D eigenvalue weighted by Gasteiger charge is 2.28. The van der Waals surface area contributed by atoms with Crippen LogP contribution in [0, 0.1) is 5.41 Å². The molecule has 0 aliphatic heterocycles. The van der Waals surface area contributed by atoms with Crippen molar-refractivity contribution in [1.82, 2.24) is 5.32 Å². The van der Waals surface area contributed by atoms with Crippen molar-refractivity contribution in [3.05, 3.63) is 22.4 Å². The summed E-state index contributed by atoms with van der Waals surface area (Å²) in [5.41, 5.74) is 5.05. The molecular formula is C13H23ClN2OS. The molecule has 3 N–H and O–H groups in total. The Hall–Kier alpha value is -0.580. The predicted octanol–water partition coefficient (Wildman–Crippen LogP) is 2.55. The van der Waals surface area contributed by atoms with Crippen LogP contribution in [0.2, 0.25) is 0 Å². The third kappa shape index (κ3) is 4.26. The summed E-state index contributed by atoms with van der Waals surface area (Å²) in [4.78, 5) is 13.2. The van der Waals surface area contributed by atoms with Gasteiger partial charge in [0.2, 0.25) is 5.91 Å². The van der Waals surface area contributed by atoms with E-state index in [1.165, 1.54) is 4.88 Å². The first-order chi connectivity index (χ1) is 7.79. The van der Waals surface area contributed by atoms with Gasteiger partial charge in [0.1, 0.15) is 0 Å². The smallest absolute Gasteiger partial charge is 0.226 e. The molecule has 0 aliphatic rings. The normalized spacial score (nSPS) is 11.8. The van der Waals surface area contributed by atoms with Gasteiger partial charge in [-0.2, -0.15) is 0 Å². The van der Waals surface area contributed by atoms with Gasteiger partial charge in [-0.05, 0) is 25.3 Å². The van der Waals surface area contributed by atoms with Crippen LogP contribution in [-0.2, 0) is 10.2 Å². The second-order valence-corrected chi connectivity index (χ2v) is 6.58. The number of thiophene rings is 1. The highest BCUT2D eigenvalue weighted by Crippen LogP contribution is 2.27. The van der Waals surface area contributed by atoms with E-state index in [9.17, 15) is 4.79 Å². The third-order valence-electron chi connectivity index (χ3n) is 3.00. The highest BCUT2D eigenvalue weighted by atomic mass is 35.5. The summed E-state index contributed by atoms with van der Waals surface area (Å²) in [5, 5.41) is 5.05. The molecule has 0 unspecified atom stereocenters. The Morgan fingerprint density at radius 1 is 1.39 bits per heavy atom. The van der Waals surface area contributed by atoms with E-state index >= 15 is 0 Å². The van der Waals surface area contributed by atoms with Gasteiger partial charge in [0.05, 0.1) is 5.41 Å². The first-order valence-corrected chi connectivity index (χ1v) is 6.70. The molecule has 0 saturated carbocycles. The Labute approximate surface area is 120 Å². The van der Waals surface area contributed by atoms with Crippen LogP contribution in [0.1, 0.15) is 32.6 Å². The van der Waals surface area contributed by atoms with Gasteiger partial charge < -0.3 is 11.1 Å². The first kappa shape index (κ1) is 17.4. The molecule has 0 bridgehead atoms. The molecule has 0 fully saturated rings. The van der Waals surface area contributed by atoms with E-state index < -0.39 is 5.41 Å². The third-order valence-corrected chi connectivity index (χ3v) is 4.24. The van der Waals surface area contributed by atoms with E-state index in [-0.39, 0.29) is 23.7 Å². The topological polar surface area (TPSA) is 55.1 Å². The van der Waals surface area contributed by atoms with Gasteiger partial charge in [0.15, 0.2) is 0 Å². The average molecular weight is 291 g/mol. The zero-order valence-electron chi connectivity index (χ0n) is 11.4. The monoisotopic (exact) mass is 290 g/mol. The van der Waals surface area contributed by atoms with Crippen LogP contribution >= 0.6 is 23.7 Å². The summed E-state index contributed by atoms with van der Waals surface area (Å²) in [7, 11) is 0. The van der Waals surface area contributed by atoms with Crippen molar-refractivity contribution in [2.24, 2.45) is 11.1 Å². The summed E-state index contributed by atoms with van der Waals surface area (Å²) in [6, 6.07) is 4.14. The number of nitrogens with one attached hydrogen (secondary N) is 1. The SMILES string of the molecule is CC(C)(CN)C(=O)NCC(C)(C)c1cccs1.Cl. The van der Waals surface area contributed by atoms with Crippen LogP contribution in [0.4, 0.5) is 0 Å². The second-order valence-electron chi connectivity index (χ2n) is 5.63. The maximum Gasteiger partial charge on any atom is 0.226 e. The van der Waals surface area contributed by atoms with E-state index in [1.807, 2.05) is 19.9 Å². The van der Waals surface area contributed by atoms with Crippen molar-refractivity contribution >= 4 is 29.7 Å². The summed E-state index contributed by atoms with van der Waals surface area (Å²) in [5.74, 6) is 0.0182. The molecular weight excluding hydrogens is 268 g/mol. The summed E-state index contributed by atoms with van der Waals surface area (Å²) in [6.45, 7) is 8.98. The summed E-state index contributed by atoms with van der Waals surface area (Å²) < 4.78 is 0. The Morgan fingerprint density at radius 2 is 2.00 bits per heavy atom. The van der Waals surface area contributed by atoms with Crippen molar-refractivity contribution in [1.29, 1.82) is 0 Å². The number of amides is 1. The van der Waals surface area contributed by atoms with Crippen LogP contribution in [-0.4, -0.2) is 19.0 Å². The standard InChI is InChI=1S/C13H22N2OS.ClH/c1-12(2,8-14)11(16)15-9-13(3,4)10-6-5-7-17-10;/h5-7H,8-9,14H2,1-4H3,(H,15,16);1H. The van der Waals surface area contributed by atoms with E-state index in [4.69, 9.17) is 5.73 Å². The maximum atomic E-state index is 11.9. The molecule has 3 nitrogen and oxygen atoms in total. The molecule has 18 heavy (non-hydrogen) atoms. The van der Waals surface area contributed by atoms with Crippen LogP contribution in [0.15, 0.2) is 17.5 Å². The van der Waals surface area contributed by atoms with Gasteiger partial charge in [0.25, 0.3) is 0 Å².